The average molecular weight is 409 g/mol. The number of H-pyrrole nitrogens is 1. The first-order valence-corrected chi connectivity index (χ1v) is 9.54. The summed E-state index contributed by atoms with van der Waals surface area (Å²) < 4.78 is 10.2. The van der Waals surface area contributed by atoms with Crippen LogP contribution in [-0.2, 0) is 16.0 Å². The molecule has 0 aliphatic rings. The van der Waals surface area contributed by atoms with Gasteiger partial charge in [0, 0.05) is 23.2 Å². The molecule has 2 heterocycles. The Hall–Kier alpha value is -3.55. The Bertz CT molecular complexity index is 1090. The minimum absolute atomic E-state index is 0.00421. The fourth-order valence-corrected chi connectivity index (χ4v) is 3.23. The largest absolute Gasteiger partial charge is 0.457 e. The van der Waals surface area contributed by atoms with Crippen molar-refractivity contribution < 1.29 is 23.6 Å². The average Bonchev–Trinajstić information content (AvgIpc) is 3.29. The number of nitrogens with zero attached hydrogens (tertiary/aromatic N) is 2. The van der Waals surface area contributed by atoms with Crippen molar-refractivity contribution in [2.24, 2.45) is 0 Å². The highest BCUT2D eigenvalue weighted by atomic mass is 16.5. The Morgan fingerprint density at radius 1 is 1.10 bits per heavy atom. The molecule has 1 N–H and O–H groups in total. The molecule has 156 valence electrons. The lowest BCUT2D eigenvalue weighted by molar-refractivity contribution is -0.142. The predicted molar refractivity (Wildman–Crippen MR) is 108 cm³/mol. The van der Waals surface area contributed by atoms with Gasteiger partial charge in [-0.15, -0.1) is 0 Å². The summed E-state index contributed by atoms with van der Waals surface area (Å²) in [6.07, 6.45) is 0.214. The summed E-state index contributed by atoms with van der Waals surface area (Å²) in [7, 11) is 0. The molecular weight excluding hydrogens is 386 g/mol. The molecule has 8 nitrogen and oxygen atoms in total. The van der Waals surface area contributed by atoms with Gasteiger partial charge in [-0.1, -0.05) is 35.0 Å². The van der Waals surface area contributed by atoms with Gasteiger partial charge in [0.1, 0.15) is 0 Å². The minimum Gasteiger partial charge on any atom is -0.457 e. The summed E-state index contributed by atoms with van der Waals surface area (Å²) >= 11 is 0. The lowest BCUT2D eigenvalue weighted by atomic mass is 10.1. The van der Waals surface area contributed by atoms with E-state index in [4.69, 9.17) is 9.26 Å². The van der Waals surface area contributed by atoms with E-state index in [1.54, 1.807) is 13.8 Å². The van der Waals surface area contributed by atoms with Crippen LogP contribution in [0, 0.1) is 20.8 Å². The van der Waals surface area contributed by atoms with Crippen LogP contribution >= 0.6 is 0 Å². The molecule has 30 heavy (non-hydrogen) atoms. The topological polar surface area (TPSA) is 115 Å². The van der Waals surface area contributed by atoms with Crippen LogP contribution in [0.4, 0.5) is 0 Å². The smallest absolute Gasteiger partial charge is 0.306 e. The highest BCUT2D eigenvalue weighted by molar-refractivity contribution is 6.04. The van der Waals surface area contributed by atoms with E-state index in [1.807, 2.05) is 31.2 Å². The van der Waals surface area contributed by atoms with Gasteiger partial charge in [-0.05, 0) is 33.3 Å². The summed E-state index contributed by atoms with van der Waals surface area (Å²) in [5, 5.41) is 3.92. The van der Waals surface area contributed by atoms with Gasteiger partial charge in [0.05, 0.1) is 12.1 Å². The number of rotatable bonds is 8. The van der Waals surface area contributed by atoms with Gasteiger partial charge in [-0.2, -0.15) is 4.98 Å². The number of esters is 1. The first-order chi connectivity index (χ1) is 14.3. The molecule has 0 spiro atoms. The van der Waals surface area contributed by atoms with Crippen molar-refractivity contribution in [3.05, 3.63) is 58.2 Å². The number of carbonyl (C=O) groups is 3. The summed E-state index contributed by atoms with van der Waals surface area (Å²) in [4.78, 5) is 43.2. The van der Waals surface area contributed by atoms with Gasteiger partial charge in [0.25, 0.3) is 0 Å². The first-order valence-electron chi connectivity index (χ1n) is 9.54. The number of benzene rings is 1. The molecule has 2 aromatic heterocycles. The van der Waals surface area contributed by atoms with Gasteiger partial charge in [0.15, 0.2) is 12.4 Å². The van der Waals surface area contributed by atoms with Crippen LogP contribution in [0.25, 0.3) is 11.4 Å². The maximum atomic E-state index is 12.4. The lowest BCUT2D eigenvalue weighted by Crippen LogP contribution is -2.15. The number of ether oxygens (including phenoxy) is 1. The molecule has 0 unspecified atom stereocenters. The molecule has 0 aliphatic carbocycles. The van der Waals surface area contributed by atoms with E-state index in [2.05, 4.69) is 15.1 Å². The Kier molecular flexibility index (Phi) is 6.25. The van der Waals surface area contributed by atoms with Crippen LogP contribution in [0.5, 0.6) is 0 Å². The molecule has 0 radical (unpaired) electrons. The van der Waals surface area contributed by atoms with Crippen molar-refractivity contribution in [3.8, 4) is 11.4 Å². The number of nitrogens with one attached hydrogen (secondary N) is 1. The normalized spacial score (nSPS) is 10.8. The monoisotopic (exact) mass is 409 g/mol. The van der Waals surface area contributed by atoms with E-state index in [-0.39, 0.29) is 24.3 Å². The van der Waals surface area contributed by atoms with Crippen molar-refractivity contribution >= 4 is 17.5 Å². The van der Waals surface area contributed by atoms with Gasteiger partial charge in [0.2, 0.25) is 17.5 Å². The SMILES string of the molecule is CC(=O)c1c(C)[nH]c(C(=O)COC(=O)CCc2nc(-c3ccc(C)cc3)no2)c1C. The summed E-state index contributed by atoms with van der Waals surface area (Å²) in [6, 6.07) is 7.69. The number of Topliss-reactive ketones (excluding diaryl/α,β-unsaturated/α-hetero) is 2. The van der Waals surface area contributed by atoms with Gasteiger partial charge >= 0.3 is 5.97 Å². The van der Waals surface area contributed by atoms with Gasteiger partial charge < -0.3 is 14.2 Å². The molecule has 1 aromatic carbocycles. The van der Waals surface area contributed by atoms with Crippen molar-refractivity contribution in [1.29, 1.82) is 0 Å². The number of aromatic amines is 1. The van der Waals surface area contributed by atoms with Gasteiger partial charge in [-0.3, -0.25) is 14.4 Å². The molecule has 3 aromatic rings. The van der Waals surface area contributed by atoms with E-state index in [0.29, 0.717) is 28.5 Å². The molecule has 0 bridgehead atoms. The molecule has 0 saturated heterocycles. The van der Waals surface area contributed by atoms with Crippen LogP contribution < -0.4 is 0 Å². The van der Waals surface area contributed by atoms with E-state index in [0.717, 1.165) is 11.1 Å². The third-order valence-electron chi connectivity index (χ3n) is 4.75. The lowest BCUT2D eigenvalue weighted by Gasteiger charge is -2.03. The fraction of sp³-hybridized carbons (Fsp3) is 0.318. The van der Waals surface area contributed by atoms with E-state index >= 15 is 0 Å². The highest BCUT2D eigenvalue weighted by Gasteiger charge is 2.21. The number of aryl methyl sites for hydroxylation is 3. The molecule has 0 atom stereocenters. The Labute approximate surface area is 173 Å². The number of aromatic nitrogens is 3. The predicted octanol–water partition coefficient (Wildman–Crippen LogP) is 3.55. The van der Waals surface area contributed by atoms with E-state index < -0.39 is 18.4 Å². The number of carbonyl (C=O) groups excluding carboxylic acids is 3. The van der Waals surface area contributed by atoms with Crippen molar-refractivity contribution in [1.82, 2.24) is 15.1 Å². The number of hydrogen-bond donors (Lipinski definition) is 1. The zero-order valence-electron chi connectivity index (χ0n) is 17.4. The maximum absolute atomic E-state index is 12.4. The summed E-state index contributed by atoms with van der Waals surface area (Å²) in [5.41, 5.74) is 3.91. The Morgan fingerprint density at radius 2 is 1.80 bits per heavy atom. The second-order valence-electron chi connectivity index (χ2n) is 7.14. The third-order valence-corrected chi connectivity index (χ3v) is 4.75. The minimum atomic E-state index is -0.550. The second kappa shape index (κ2) is 8.86. The standard InChI is InChI=1S/C22H23N3O5/c1-12-5-7-16(8-6-12)22-24-18(30-25-22)9-10-19(28)29-11-17(27)21-13(2)20(15(4)26)14(3)23-21/h5-8,23H,9-11H2,1-4H3. The van der Waals surface area contributed by atoms with E-state index in [1.165, 1.54) is 6.92 Å². The summed E-state index contributed by atoms with van der Waals surface area (Å²) in [5.74, 6) is -0.299. The molecule has 0 aliphatic heterocycles. The Balaban J connectivity index is 1.52. The Morgan fingerprint density at radius 3 is 2.43 bits per heavy atom. The highest BCUT2D eigenvalue weighted by Crippen LogP contribution is 2.19. The number of ketones is 2. The molecular formula is C22H23N3O5. The van der Waals surface area contributed by atoms with Crippen LogP contribution in [0.1, 0.15) is 56.9 Å². The molecule has 8 heteroatoms. The first kappa shape index (κ1) is 21.2. The van der Waals surface area contributed by atoms with E-state index in [9.17, 15) is 14.4 Å². The second-order valence-corrected chi connectivity index (χ2v) is 7.14. The van der Waals surface area contributed by atoms with Crippen molar-refractivity contribution in [2.45, 2.75) is 40.5 Å². The number of hydrogen-bond acceptors (Lipinski definition) is 7. The van der Waals surface area contributed by atoms with Crippen molar-refractivity contribution in [2.75, 3.05) is 6.61 Å². The third kappa shape index (κ3) is 4.71. The fourth-order valence-electron chi connectivity index (χ4n) is 3.23. The van der Waals surface area contributed by atoms with Gasteiger partial charge in [-0.25, -0.2) is 0 Å². The zero-order chi connectivity index (χ0) is 21.8. The zero-order valence-corrected chi connectivity index (χ0v) is 17.4. The van der Waals surface area contributed by atoms with Crippen LogP contribution in [0.15, 0.2) is 28.8 Å². The van der Waals surface area contributed by atoms with Crippen LogP contribution in [0.3, 0.4) is 0 Å². The molecule has 0 amide bonds. The molecule has 0 saturated carbocycles. The maximum Gasteiger partial charge on any atom is 0.306 e. The summed E-state index contributed by atoms with van der Waals surface area (Å²) in [6.45, 7) is 6.44. The molecule has 0 fully saturated rings. The molecule has 3 rings (SSSR count). The van der Waals surface area contributed by atoms with Crippen molar-refractivity contribution in [3.63, 3.8) is 0 Å². The van der Waals surface area contributed by atoms with Crippen LogP contribution in [0.2, 0.25) is 0 Å². The quantitative estimate of drug-likeness (QED) is 0.447. The van der Waals surface area contributed by atoms with Crippen LogP contribution in [-0.4, -0.2) is 39.3 Å².